The smallest absolute Gasteiger partial charge is 0.303 e. The number of carbonyl (C=O) groups is 1. The molecule has 0 radical (unpaired) electrons. The normalized spacial score (nSPS) is 15.7. The third-order valence-corrected chi connectivity index (χ3v) is 9.69. The van der Waals surface area contributed by atoms with E-state index in [0.29, 0.717) is 13.0 Å². The molecule has 8 nitrogen and oxygen atoms in total. The molecule has 252 valence electrons. The van der Waals surface area contributed by atoms with Crippen LogP contribution in [0.3, 0.4) is 0 Å². The Morgan fingerprint density at radius 3 is 2.34 bits per heavy atom. The Morgan fingerprint density at radius 2 is 1.70 bits per heavy atom. The first-order valence-electron chi connectivity index (χ1n) is 16.4. The van der Waals surface area contributed by atoms with E-state index in [-0.39, 0.29) is 16.7 Å². The number of benzene rings is 2. The lowest BCUT2D eigenvalue weighted by Crippen LogP contribution is -2.29. The Bertz CT molecular complexity index is 1850. The number of aliphatic carboxylic acids is 1. The summed E-state index contributed by atoms with van der Waals surface area (Å²) >= 11 is 0. The molecule has 0 fully saturated rings. The van der Waals surface area contributed by atoms with Crippen molar-refractivity contribution in [2.24, 2.45) is 0 Å². The second-order valence-corrected chi connectivity index (χ2v) is 15.0. The van der Waals surface area contributed by atoms with Crippen molar-refractivity contribution in [3.63, 3.8) is 0 Å². The highest BCUT2D eigenvalue weighted by Crippen LogP contribution is 2.48. The predicted octanol–water partition coefficient (Wildman–Crippen LogP) is 7.64. The minimum absolute atomic E-state index is 0.133. The van der Waals surface area contributed by atoms with Gasteiger partial charge in [0, 0.05) is 46.8 Å². The number of anilines is 1. The van der Waals surface area contributed by atoms with E-state index in [0.717, 1.165) is 70.9 Å². The molecule has 2 aliphatic heterocycles. The molecule has 0 bridgehead atoms. The average Bonchev–Trinajstić information content (AvgIpc) is 3.21. The third-order valence-electron chi connectivity index (χ3n) is 8.84. The SMILES string of the molecule is CC[N+](CC)=c1ccc2c(/C=C/C=C/C=C3/N(CCCCCC(=O)O)c4ccc(S(=O)(=O)O)cc4C3(C)C)cc(C(C)(C)C)oc-2c1. The molecule has 0 atom stereocenters. The highest BCUT2D eigenvalue weighted by atomic mass is 32.2. The van der Waals surface area contributed by atoms with Crippen LogP contribution in [0, 0.1) is 0 Å². The summed E-state index contributed by atoms with van der Waals surface area (Å²) in [5.74, 6) is 0.952. The summed E-state index contributed by atoms with van der Waals surface area (Å²) in [6, 6.07) is 13.2. The van der Waals surface area contributed by atoms with Crippen molar-refractivity contribution < 1.29 is 27.3 Å². The van der Waals surface area contributed by atoms with Gasteiger partial charge >= 0.3 is 5.97 Å². The minimum Gasteiger partial charge on any atom is -0.481 e. The van der Waals surface area contributed by atoms with Gasteiger partial charge in [-0.1, -0.05) is 65.3 Å². The summed E-state index contributed by atoms with van der Waals surface area (Å²) in [4.78, 5) is 13.0. The van der Waals surface area contributed by atoms with Crippen LogP contribution in [-0.4, -0.2) is 43.7 Å². The molecule has 1 aliphatic carbocycles. The fourth-order valence-electron chi connectivity index (χ4n) is 6.14. The Morgan fingerprint density at radius 1 is 0.979 bits per heavy atom. The molecule has 0 saturated heterocycles. The van der Waals surface area contributed by atoms with Crippen LogP contribution in [-0.2, 0) is 25.7 Å². The zero-order chi connectivity index (χ0) is 34.6. The molecule has 0 amide bonds. The fraction of sp³-hybridized carbons (Fsp3) is 0.421. The standard InChI is InChI=1S/C38H48N2O6S/c1-8-39(9-2)28-19-21-30-27(24-35(37(3,4)5)46-33(30)25-28)16-12-10-13-17-34-38(6,7)31-26-29(47(43,44)45)20-22-32(31)40(34)23-15-11-14-18-36(41)42/h10,12-13,16-17,19-22,24-26H,8-9,11,14-15,18,23H2,1-7H3,(H-,41,42,43,44,45)/p+1. The lowest BCUT2D eigenvalue weighted by molar-refractivity contribution is -0.137. The van der Waals surface area contributed by atoms with E-state index in [1.165, 1.54) is 6.07 Å². The molecular weight excluding hydrogens is 612 g/mol. The molecule has 0 aromatic heterocycles. The number of carboxylic acid groups (broad SMARTS) is 1. The summed E-state index contributed by atoms with van der Waals surface area (Å²) in [7, 11) is -4.36. The Labute approximate surface area is 279 Å². The van der Waals surface area contributed by atoms with Crippen LogP contribution in [0.1, 0.15) is 91.0 Å². The number of carboxylic acids is 1. The molecule has 0 saturated carbocycles. The van der Waals surface area contributed by atoms with Crippen LogP contribution in [0.5, 0.6) is 0 Å². The van der Waals surface area contributed by atoms with Crippen LogP contribution < -0.4 is 14.8 Å². The van der Waals surface area contributed by atoms with Crippen LogP contribution >= 0.6 is 0 Å². The third kappa shape index (κ3) is 8.32. The van der Waals surface area contributed by atoms with E-state index in [1.54, 1.807) is 12.1 Å². The number of rotatable bonds is 12. The number of nitrogens with zero attached hydrogens (tertiary/aromatic N) is 2. The molecular formula is C38H49N2O6S+. The van der Waals surface area contributed by atoms with Gasteiger partial charge in [-0.05, 0) is 74.2 Å². The van der Waals surface area contributed by atoms with Crippen LogP contribution in [0.2, 0.25) is 0 Å². The Hall–Kier alpha value is -3.95. The van der Waals surface area contributed by atoms with E-state index in [1.807, 2.05) is 38.2 Å². The zero-order valence-corrected chi connectivity index (χ0v) is 29.5. The summed E-state index contributed by atoms with van der Waals surface area (Å²) in [5.41, 5.74) is 4.08. The van der Waals surface area contributed by atoms with E-state index in [2.05, 4.69) is 74.4 Å². The van der Waals surface area contributed by atoms with Gasteiger partial charge in [-0.15, -0.1) is 0 Å². The first-order valence-corrected chi connectivity index (χ1v) is 17.8. The highest BCUT2D eigenvalue weighted by Gasteiger charge is 2.40. The van der Waals surface area contributed by atoms with Gasteiger partial charge in [-0.25, -0.2) is 4.58 Å². The molecule has 4 rings (SSSR count). The molecule has 47 heavy (non-hydrogen) atoms. The van der Waals surface area contributed by atoms with Gasteiger partial charge < -0.3 is 14.4 Å². The largest absolute Gasteiger partial charge is 0.481 e. The highest BCUT2D eigenvalue weighted by molar-refractivity contribution is 7.85. The monoisotopic (exact) mass is 661 g/mol. The van der Waals surface area contributed by atoms with Gasteiger partial charge in [-0.2, -0.15) is 8.42 Å². The lowest BCUT2D eigenvalue weighted by atomic mass is 9.83. The summed E-state index contributed by atoms with van der Waals surface area (Å²) in [6.45, 7) is 17.3. The van der Waals surface area contributed by atoms with Gasteiger partial charge in [0.1, 0.15) is 24.6 Å². The predicted molar refractivity (Wildman–Crippen MR) is 189 cm³/mol. The van der Waals surface area contributed by atoms with E-state index in [9.17, 15) is 17.8 Å². The Balaban J connectivity index is 1.68. The second kappa shape index (κ2) is 14.4. The first kappa shape index (κ1) is 35.9. The molecule has 2 heterocycles. The maximum absolute atomic E-state index is 12.0. The van der Waals surface area contributed by atoms with Gasteiger partial charge in [0.25, 0.3) is 10.1 Å². The molecule has 0 spiro atoms. The topological polar surface area (TPSA) is 111 Å². The maximum atomic E-state index is 12.0. The van der Waals surface area contributed by atoms with Gasteiger partial charge in [0.2, 0.25) is 5.36 Å². The van der Waals surface area contributed by atoms with Gasteiger partial charge in [0.15, 0.2) is 0 Å². The number of allylic oxidation sites excluding steroid dienone is 5. The van der Waals surface area contributed by atoms with Crippen LogP contribution in [0.4, 0.5) is 5.69 Å². The van der Waals surface area contributed by atoms with Crippen molar-refractivity contribution >= 4 is 27.9 Å². The Kier molecular flexibility index (Phi) is 11.0. The fourth-order valence-corrected chi connectivity index (χ4v) is 6.65. The van der Waals surface area contributed by atoms with Crippen molar-refractivity contribution in [2.45, 2.75) is 89.9 Å². The van der Waals surface area contributed by atoms with E-state index >= 15 is 0 Å². The lowest BCUT2D eigenvalue weighted by Gasteiger charge is -2.27. The molecule has 3 aliphatic rings. The quantitative estimate of drug-likeness (QED) is 0.0889. The molecule has 9 heteroatoms. The average molecular weight is 662 g/mol. The molecule has 2 N–H and O–H groups in total. The van der Waals surface area contributed by atoms with Gasteiger partial charge in [-0.3, -0.25) is 9.35 Å². The second-order valence-electron chi connectivity index (χ2n) is 13.6. The van der Waals surface area contributed by atoms with Crippen molar-refractivity contribution in [2.75, 3.05) is 24.5 Å². The summed E-state index contributed by atoms with van der Waals surface area (Å²) < 4.78 is 42.3. The molecule has 0 unspecified atom stereocenters. The zero-order valence-electron chi connectivity index (χ0n) is 28.7. The number of hydrogen-bond acceptors (Lipinski definition) is 5. The van der Waals surface area contributed by atoms with Crippen LogP contribution in [0.15, 0.2) is 81.8 Å². The van der Waals surface area contributed by atoms with Crippen molar-refractivity contribution in [1.29, 1.82) is 0 Å². The molecule has 1 aromatic carbocycles. The van der Waals surface area contributed by atoms with Crippen molar-refractivity contribution in [3.8, 4) is 11.3 Å². The first-order chi connectivity index (χ1) is 22.1. The number of hydrogen-bond donors (Lipinski definition) is 2. The van der Waals surface area contributed by atoms with Crippen LogP contribution in [0.25, 0.3) is 17.4 Å². The minimum atomic E-state index is -4.36. The maximum Gasteiger partial charge on any atom is 0.303 e. The summed E-state index contributed by atoms with van der Waals surface area (Å²) in [6.07, 6.45) is 12.4. The molecule has 1 aromatic rings. The van der Waals surface area contributed by atoms with Gasteiger partial charge in [0.05, 0.1) is 11.0 Å². The summed E-state index contributed by atoms with van der Waals surface area (Å²) in [5, 5.41) is 10.1. The van der Waals surface area contributed by atoms with E-state index in [4.69, 9.17) is 9.52 Å². The van der Waals surface area contributed by atoms with E-state index < -0.39 is 21.5 Å². The number of unbranched alkanes of at least 4 members (excludes halogenated alkanes) is 2. The van der Waals surface area contributed by atoms with Crippen molar-refractivity contribution in [3.05, 3.63) is 94.7 Å². The number of fused-ring (bicyclic) bond motifs is 2. The van der Waals surface area contributed by atoms with Crippen molar-refractivity contribution in [1.82, 2.24) is 4.58 Å².